The minimum atomic E-state index is -1.00. The molecule has 0 aliphatic carbocycles. The van der Waals surface area contributed by atoms with Crippen LogP contribution in [0.5, 0.6) is 0 Å². The molecule has 1 amide bonds. The first-order valence-corrected chi connectivity index (χ1v) is 5.85. The van der Waals surface area contributed by atoms with Crippen LogP contribution in [-0.2, 0) is 9.59 Å². The third-order valence-electron chi connectivity index (χ3n) is 2.07. The van der Waals surface area contributed by atoms with Crippen molar-refractivity contribution in [3.63, 3.8) is 0 Å². The first kappa shape index (κ1) is 14.6. The zero-order valence-electron chi connectivity index (χ0n) is 9.17. The number of carbonyl (C=O) groups excluding carboxylic acids is 1. The van der Waals surface area contributed by atoms with E-state index in [1.165, 1.54) is 0 Å². The fourth-order valence-corrected chi connectivity index (χ4v) is 1.77. The molecule has 0 aliphatic heterocycles. The number of carbonyl (C=O) groups is 2. The van der Waals surface area contributed by atoms with Crippen LogP contribution in [0.15, 0.2) is 16.6 Å². The molecule has 0 heterocycles. The van der Waals surface area contributed by atoms with E-state index < -0.39 is 23.5 Å². The van der Waals surface area contributed by atoms with Gasteiger partial charge in [-0.2, -0.15) is 0 Å². The van der Waals surface area contributed by atoms with Crippen molar-refractivity contribution in [3.05, 3.63) is 28.2 Å². The minimum absolute atomic E-state index is 0.0461. The molecule has 0 saturated heterocycles. The second kappa shape index (κ2) is 6.44. The number of carboxylic acids is 1. The lowest BCUT2D eigenvalue weighted by Gasteiger charge is -2.08. The molecule has 0 atom stereocenters. The van der Waals surface area contributed by atoms with E-state index in [0.29, 0.717) is 6.07 Å². The molecule has 0 bridgehead atoms. The summed E-state index contributed by atoms with van der Waals surface area (Å²) in [6, 6.07) is 1.67. The van der Waals surface area contributed by atoms with Crippen molar-refractivity contribution >= 4 is 33.5 Å². The molecule has 0 radical (unpaired) electrons. The Morgan fingerprint density at radius 1 is 1.28 bits per heavy atom. The summed E-state index contributed by atoms with van der Waals surface area (Å²) < 4.78 is 26.2. The Balaban J connectivity index is 2.62. The molecule has 0 aromatic heterocycles. The van der Waals surface area contributed by atoms with Crippen molar-refractivity contribution in [2.24, 2.45) is 0 Å². The normalized spacial score (nSPS) is 10.2. The van der Waals surface area contributed by atoms with E-state index in [2.05, 4.69) is 21.2 Å². The maximum atomic E-state index is 13.3. The van der Waals surface area contributed by atoms with Gasteiger partial charge in [-0.05, 0) is 28.4 Å². The van der Waals surface area contributed by atoms with Crippen molar-refractivity contribution in [1.29, 1.82) is 0 Å². The number of hydrogen-bond donors (Lipinski definition) is 2. The van der Waals surface area contributed by atoms with Crippen LogP contribution < -0.4 is 5.32 Å². The molecule has 2 N–H and O–H groups in total. The van der Waals surface area contributed by atoms with Gasteiger partial charge in [0.2, 0.25) is 5.91 Å². The molecule has 18 heavy (non-hydrogen) atoms. The number of rotatable bonds is 5. The van der Waals surface area contributed by atoms with Crippen LogP contribution in [-0.4, -0.2) is 17.0 Å². The first-order valence-electron chi connectivity index (χ1n) is 5.06. The molecule has 7 heteroatoms. The van der Waals surface area contributed by atoms with E-state index in [1.807, 2.05) is 0 Å². The van der Waals surface area contributed by atoms with Crippen LogP contribution in [0, 0.1) is 11.6 Å². The summed E-state index contributed by atoms with van der Waals surface area (Å²) in [6.45, 7) is 0. The zero-order chi connectivity index (χ0) is 13.7. The molecule has 0 unspecified atom stereocenters. The summed E-state index contributed by atoms with van der Waals surface area (Å²) in [4.78, 5) is 21.6. The molecule has 0 aliphatic rings. The molecule has 4 nitrogen and oxygen atoms in total. The second-order valence-corrected chi connectivity index (χ2v) is 4.39. The van der Waals surface area contributed by atoms with Crippen molar-refractivity contribution in [2.75, 3.05) is 5.32 Å². The Bertz CT molecular complexity index is 456. The second-order valence-electron chi connectivity index (χ2n) is 3.54. The largest absolute Gasteiger partial charge is 0.481 e. The average Bonchev–Trinajstić information content (AvgIpc) is 2.22. The Morgan fingerprint density at radius 3 is 2.50 bits per heavy atom. The number of hydrogen-bond acceptors (Lipinski definition) is 2. The molecule has 98 valence electrons. The number of halogens is 3. The van der Waals surface area contributed by atoms with Crippen LogP contribution >= 0.6 is 15.9 Å². The Morgan fingerprint density at radius 2 is 1.94 bits per heavy atom. The topological polar surface area (TPSA) is 66.4 Å². The Hall–Kier alpha value is -1.50. The molecule has 0 spiro atoms. The predicted molar refractivity (Wildman–Crippen MR) is 64.2 cm³/mol. The SMILES string of the molecule is O=C(O)CCCC(=O)Nc1c(F)cc(F)cc1Br. The van der Waals surface area contributed by atoms with Crippen molar-refractivity contribution in [3.8, 4) is 0 Å². The molecule has 1 aromatic carbocycles. The quantitative estimate of drug-likeness (QED) is 0.876. The smallest absolute Gasteiger partial charge is 0.303 e. The highest BCUT2D eigenvalue weighted by atomic mass is 79.9. The van der Waals surface area contributed by atoms with Crippen LogP contribution in [0.3, 0.4) is 0 Å². The molecule has 1 aromatic rings. The number of anilines is 1. The number of carboxylic acid groups (broad SMARTS) is 1. The maximum Gasteiger partial charge on any atom is 0.303 e. The van der Waals surface area contributed by atoms with Gasteiger partial charge in [-0.1, -0.05) is 0 Å². The van der Waals surface area contributed by atoms with Gasteiger partial charge in [0.05, 0.1) is 5.69 Å². The molecular weight excluding hydrogens is 312 g/mol. The summed E-state index contributed by atoms with van der Waals surface area (Å²) in [5.41, 5.74) is -0.156. The van der Waals surface area contributed by atoms with E-state index >= 15 is 0 Å². The van der Waals surface area contributed by atoms with Crippen molar-refractivity contribution in [2.45, 2.75) is 19.3 Å². The van der Waals surface area contributed by atoms with Gasteiger partial charge in [0.1, 0.15) is 5.82 Å². The van der Waals surface area contributed by atoms with Crippen LogP contribution in [0.25, 0.3) is 0 Å². The number of amides is 1. The van der Waals surface area contributed by atoms with E-state index in [0.717, 1.165) is 6.07 Å². The van der Waals surface area contributed by atoms with Gasteiger partial charge in [0.15, 0.2) is 5.82 Å². The summed E-state index contributed by atoms with van der Waals surface area (Å²) >= 11 is 2.93. The summed E-state index contributed by atoms with van der Waals surface area (Å²) in [6.07, 6.45) is -0.0301. The van der Waals surface area contributed by atoms with E-state index in [4.69, 9.17) is 5.11 Å². The first-order chi connectivity index (χ1) is 8.40. The minimum Gasteiger partial charge on any atom is -0.481 e. The average molecular weight is 322 g/mol. The number of benzene rings is 1. The summed E-state index contributed by atoms with van der Waals surface area (Å²) in [7, 11) is 0. The zero-order valence-corrected chi connectivity index (χ0v) is 10.8. The third kappa shape index (κ3) is 4.40. The van der Waals surface area contributed by atoms with Crippen LogP contribution in [0.1, 0.15) is 19.3 Å². The number of aliphatic carboxylic acids is 1. The summed E-state index contributed by atoms with van der Waals surface area (Å²) in [5, 5.41) is 10.7. The van der Waals surface area contributed by atoms with Gasteiger partial charge in [-0.15, -0.1) is 0 Å². The van der Waals surface area contributed by atoms with Gasteiger partial charge in [-0.3, -0.25) is 9.59 Å². The Kier molecular flexibility index (Phi) is 5.21. The summed E-state index contributed by atoms with van der Waals surface area (Å²) in [5.74, 6) is -3.18. The van der Waals surface area contributed by atoms with Gasteiger partial charge in [0.25, 0.3) is 0 Å². The Labute approximate surface area is 110 Å². The molecular formula is C11H10BrF2NO3. The lowest BCUT2D eigenvalue weighted by molar-refractivity contribution is -0.137. The molecule has 1 rings (SSSR count). The van der Waals surface area contributed by atoms with E-state index in [-0.39, 0.29) is 29.4 Å². The van der Waals surface area contributed by atoms with Crippen molar-refractivity contribution < 1.29 is 23.5 Å². The lowest BCUT2D eigenvalue weighted by atomic mass is 10.2. The molecule has 0 fully saturated rings. The fraction of sp³-hybridized carbons (Fsp3) is 0.273. The van der Waals surface area contributed by atoms with E-state index in [9.17, 15) is 18.4 Å². The maximum absolute atomic E-state index is 13.3. The van der Waals surface area contributed by atoms with Gasteiger partial charge in [-0.25, -0.2) is 8.78 Å². The number of nitrogens with one attached hydrogen (secondary N) is 1. The van der Waals surface area contributed by atoms with Crippen LogP contribution in [0.4, 0.5) is 14.5 Å². The monoisotopic (exact) mass is 321 g/mol. The predicted octanol–water partition coefficient (Wildman–Crippen LogP) is 2.92. The highest BCUT2D eigenvalue weighted by molar-refractivity contribution is 9.10. The molecule has 0 saturated carbocycles. The fourth-order valence-electron chi connectivity index (χ4n) is 1.26. The van der Waals surface area contributed by atoms with Crippen LogP contribution in [0.2, 0.25) is 0 Å². The van der Waals surface area contributed by atoms with Gasteiger partial charge in [0, 0.05) is 23.4 Å². The lowest BCUT2D eigenvalue weighted by Crippen LogP contribution is -2.13. The van der Waals surface area contributed by atoms with E-state index in [1.54, 1.807) is 0 Å². The standard InChI is InChI=1S/C11H10BrF2NO3/c12-7-4-6(13)5-8(14)11(7)15-9(16)2-1-3-10(17)18/h4-5H,1-3H2,(H,15,16)(H,17,18). The van der Waals surface area contributed by atoms with Gasteiger partial charge < -0.3 is 10.4 Å². The van der Waals surface area contributed by atoms with Gasteiger partial charge >= 0.3 is 5.97 Å². The highest BCUT2D eigenvalue weighted by Gasteiger charge is 2.12. The third-order valence-corrected chi connectivity index (χ3v) is 2.69. The highest BCUT2D eigenvalue weighted by Crippen LogP contribution is 2.27. The van der Waals surface area contributed by atoms with Crippen molar-refractivity contribution in [1.82, 2.24) is 0 Å².